The summed E-state index contributed by atoms with van der Waals surface area (Å²) in [5, 5.41) is 6.25. The van der Waals surface area contributed by atoms with Crippen LogP contribution in [0.25, 0.3) is 0 Å². The number of hydrogen-bond donors (Lipinski definition) is 2. The Kier molecular flexibility index (Phi) is 8.04. The summed E-state index contributed by atoms with van der Waals surface area (Å²) in [4.78, 5) is 26.4. The van der Waals surface area contributed by atoms with Crippen molar-refractivity contribution in [2.45, 2.75) is 51.5 Å². The third-order valence-corrected chi connectivity index (χ3v) is 4.26. The summed E-state index contributed by atoms with van der Waals surface area (Å²) >= 11 is 0. The summed E-state index contributed by atoms with van der Waals surface area (Å²) in [6, 6.07) is -0.0267. The molecule has 2 aliphatic heterocycles. The minimum Gasteiger partial charge on any atom is -0.356 e. The molecule has 2 saturated heterocycles. The van der Waals surface area contributed by atoms with Gasteiger partial charge in [-0.25, -0.2) is 0 Å². The number of rotatable bonds is 4. The molecule has 0 aromatic rings. The highest BCUT2D eigenvalue weighted by Crippen LogP contribution is 2.19. The van der Waals surface area contributed by atoms with Crippen LogP contribution in [0.3, 0.4) is 0 Å². The molecule has 21 heavy (non-hydrogen) atoms. The third kappa shape index (κ3) is 5.15. The fraction of sp³-hybridized carbons (Fsp3) is 0.867. The van der Waals surface area contributed by atoms with E-state index in [-0.39, 0.29) is 36.2 Å². The molecule has 0 radical (unpaired) electrons. The second kappa shape index (κ2) is 9.26. The van der Waals surface area contributed by atoms with Crippen molar-refractivity contribution in [2.24, 2.45) is 5.92 Å². The van der Waals surface area contributed by atoms with Gasteiger partial charge in [0.05, 0.1) is 12.0 Å². The van der Waals surface area contributed by atoms with Gasteiger partial charge in [0, 0.05) is 19.6 Å². The van der Waals surface area contributed by atoms with Gasteiger partial charge in [-0.2, -0.15) is 0 Å². The quantitative estimate of drug-likeness (QED) is 0.822. The number of carbonyl (C=O) groups is 2. The number of nitrogens with one attached hydrogen (secondary N) is 2. The Morgan fingerprint density at radius 3 is 2.71 bits per heavy atom. The molecule has 2 N–H and O–H groups in total. The van der Waals surface area contributed by atoms with E-state index >= 15 is 0 Å². The highest BCUT2D eigenvalue weighted by Gasteiger charge is 2.31. The maximum absolute atomic E-state index is 12.5. The molecule has 0 spiro atoms. The monoisotopic (exact) mass is 317 g/mol. The van der Waals surface area contributed by atoms with Gasteiger partial charge in [-0.1, -0.05) is 13.3 Å². The molecule has 0 aromatic carbocycles. The van der Waals surface area contributed by atoms with Crippen molar-refractivity contribution in [2.75, 3.05) is 26.2 Å². The number of hydrogen-bond acceptors (Lipinski definition) is 3. The summed E-state index contributed by atoms with van der Waals surface area (Å²) in [5.74, 6) is 0.279. The van der Waals surface area contributed by atoms with Crippen LogP contribution in [0.2, 0.25) is 0 Å². The summed E-state index contributed by atoms with van der Waals surface area (Å²) in [7, 11) is 0. The highest BCUT2D eigenvalue weighted by molar-refractivity contribution is 5.85. The Balaban J connectivity index is 0.00000220. The van der Waals surface area contributed by atoms with Crippen LogP contribution in [0.1, 0.15) is 45.4 Å². The van der Waals surface area contributed by atoms with Crippen LogP contribution in [-0.4, -0.2) is 48.9 Å². The molecule has 2 atom stereocenters. The van der Waals surface area contributed by atoms with E-state index in [2.05, 4.69) is 10.6 Å². The van der Waals surface area contributed by atoms with Crippen molar-refractivity contribution < 1.29 is 9.59 Å². The minimum atomic E-state index is -0.0267. The van der Waals surface area contributed by atoms with E-state index < -0.39 is 0 Å². The van der Waals surface area contributed by atoms with E-state index in [9.17, 15) is 9.59 Å². The van der Waals surface area contributed by atoms with Gasteiger partial charge in [0.25, 0.3) is 0 Å². The molecule has 0 bridgehead atoms. The zero-order valence-electron chi connectivity index (χ0n) is 12.9. The van der Waals surface area contributed by atoms with Crippen LogP contribution in [0, 0.1) is 5.92 Å². The summed E-state index contributed by atoms with van der Waals surface area (Å²) in [6.07, 6.45) is 6.00. The lowest BCUT2D eigenvalue weighted by Gasteiger charge is -2.35. The maximum Gasteiger partial charge on any atom is 0.239 e. The summed E-state index contributed by atoms with van der Waals surface area (Å²) in [6.45, 7) is 5.10. The Hall–Kier alpha value is -0.810. The molecule has 0 aromatic heterocycles. The first kappa shape index (κ1) is 18.2. The number of nitrogens with zero attached hydrogens (tertiary/aromatic N) is 1. The lowest BCUT2D eigenvalue weighted by Crippen LogP contribution is -2.53. The molecule has 2 aliphatic rings. The number of halogens is 1. The highest BCUT2D eigenvalue weighted by atomic mass is 35.5. The van der Waals surface area contributed by atoms with Crippen LogP contribution >= 0.6 is 12.4 Å². The fourth-order valence-electron chi connectivity index (χ4n) is 3.07. The number of amides is 2. The lowest BCUT2D eigenvalue weighted by molar-refractivity contribution is -0.138. The molecule has 2 fully saturated rings. The Morgan fingerprint density at radius 1 is 1.24 bits per heavy atom. The second-order valence-corrected chi connectivity index (χ2v) is 5.92. The standard InChI is InChI=1S/C15H27N3O2.ClH/c1-2-8-17-14(19)12-6-5-10-18(11-12)15(20)13-7-3-4-9-16-13;/h12-13,16H,2-11H2,1H3,(H,17,19);1H. The average Bonchev–Trinajstić information content (AvgIpc) is 2.52. The second-order valence-electron chi connectivity index (χ2n) is 5.92. The van der Waals surface area contributed by atoms with Crippen LogP contribution in [0.4, 0.5) is 0 Å². The van der Waals surface area contributed by atoms with Gasteiger partial charge in [0.1, 0.15) is 0 Å². The molecule has 2 unspecified atom stereocenters. The molecule has 2 heterocycles. The predicted octanol–water partition coefficient (Wildman–Crippen LogP) is 1.32. The van der Waals surface area contributed by atoms with E-state index in [0.29, 0.717) is 6.54 Å². The maximum atomic E-state index is 12.5. The average molecular weight is 318 g/mol. The number of piperidine rings is 2. The SMILES string of the molecule is CCCNC(=O)C1CCCN(C(=O)C2CCCCN2)C1.Cl. The molecule has 2 rings (SSSR count). The van der Waals surface area contributed by atoms with Crippen molar-refractivity contribution >= 4 is 24.2 Å². The van der Waals surface area contributed by atoms with Crippen LogP contribution in [0.5, 0.6) is 0 Å². The molecule has 122 valence electrons. The Bertz CT molecular complexity index is 346. The van der Waals surface area contributed by atoms with Gasteiger partial charge in [-0.05, 0) is 38.6 Å². The first-order valence-electron chi connectivity index (χ1n) is 8.02. The Labute approximate surface area is 133 Å². The molecule has 6 heteroatoms. The van der Waals surface area contributed by atoms with Gasteiger partial charge in [0.2, 0.25) is 11.8 Å². The number of carbonyl (C=O) groups excluding carboxylic acids is 2. The predicted molar refractivity (Wildman–Crippen MR) is 85.5 cm³/mol. The first-order chi connectivity index (χ1) is 9.72. The fourth-order valence-corrected chi connectivity index (χ4v) is 3.07. The van der Waals surface area contributed by atoms with Crippen molar-refractivity contribution in [1.29, 1.82) is 0 Å². The van der Waals surface area contributed by atoms with Crippen molar-refractivity contribution in [3.8, 4) is 0 Å². The third-order valence-electron chi connectivity index (χ3n) is 4.26. The van der Waals surface area contributed by atoms with E-state index in [4.69, 9.17) is 0 Å². The largest absolute Gasteiger partial charge is 0.356 e. The van der Waals surface area contributed by atoms with Crippen LogP contribution < -0.4 is 10.6 Å². The molecule has 5 nitrogen and oxygen atoms in total. The molecular weight excluding hydrogens is 290 g/mol. The van der Waals surface area contributed by atoms with Crippen molar-refractivity contribution in [3.63, 3.8) is 0 Å². The normalized spacial score (nSPS) is 25.9. The summed E-state index contributed by atoms with van der Waals surface area (Å²) < 4.78 is 0. The molecular formula is C15H28ClN3O2. The van der Waals surface area contributed by atoms with Gasteiger partial charge in [-0.3, -0.25) is 9.59 Å². The molecule has 2 amide bonds. The zero-order chi connectivity index (χ0) is 14.4. The lowest BCUT2D eigenvalue weighted by atomic mass is 9.95. The van der Waals surface area contributed by atoms with E-state index in [1.165, 1.54) is 0 Å². The minimum absolute atomic E-state index is 0. The van der Waals surface area contributed by atoms with Gasteiger partial charge < -0.3 is 15.5 Å². The van der Waals surface area contributed by atoms with E-state index in [0.717, 1.165) is 58.2 Å². The smallest absolute Gasteiger partial charge is 0.239 e. The zero-order valence-corrected chi connectivity index (χ0v) is 13.7. The summed E-state index contributed by atoms with van der Waals surface area (Å²) in [5.41, 5.74) is 0. The van der Waals surface area contributed by atoms with Crippen molar-refractivity contribution in [1.82, 2.24) is 15.5 Å². The topological polar surface area (TPSA) is 61.4 Å². The first-order valence-corrected chi connectivity index (χ1v) is 8.02. The van der Waals surface area contributed by atoms with Crippen molar-refractivity contribution in [3.05, 3.63) is 0 Å². The van der Waals surface area contributed by atoms with E-state index in [1.54, 1.807) is 0 Å². The molecule has 0 aliphatic carbocycles. The molecule has 0 saturated carbocycles. The van der Waals surface area contributed by atoms with Crippen LogP contribution in [0.15, 0.2) is 0 Å². The Morgan fingerprint density at radius 2 is 2.05 bits per heavy atom. The van der Waals surface area contributed by atoms with Gasteiger partial charge in [0.15, 0.2) is 0 Å². The van der Waals surface area contributed by atoms with Gasteiger partial charge >= 0.3 is 0 Å². The van der Waals surface area contributed by atoms with Crippen LogP contribution in [-0.2, 0) is 9.59 Å². The van der Waals surface area contributed by atoms with E-state index in [1.807, 2.05) is 11.8 Å². The van der Waals surface area contributed by atoms with Gasteiger partial charge in [-0.15, -0.1) is 12.4 Å². The number of likely N-dealkylation sites (tertiary alicyclic amines) is 1.